The van der Waals surface area contributed by atoms with Gasteiger partial charge in [-0.3, -0.25) is 4.79 Å². The lowest BCUT2D eigenvalue weighted by Crippen LogP contribution is -2.34. The number of sulfone groups is 1. The molecule has 2 rings (SSSR count). The smallest absolute Gasteiger partial charge is 0.251 e. The topological polar surface area (TPSA) is 75.3 Å². The van der Waals surface area contributed by atoms with Gasteiger partial charge in [0.1, 0.15) is 0 Å². The van der Waals surface area contributed by atoms with Crippen LogP contribution >= 0.6 is 11.6 Å². The minimum atomic E-state index is -3.10. The van der Waals surface area contributed by atoms with Crippen molar-refractivity contribution < 1.29 is 13.2 Å². The highest BCUT2D eigenvalue weighted by Crippen LogP contribution is 2.31. The van der Waals surface area contributed by atoms with E-state index in [-0.39, 0.29) is 11.9 Å². The molecule has 1 aromatic carbocycles. The van der Waals surface area contributed by atoms with Crippen molar-refractivity contribution in [3.05, 3.63) is 28.8 Å². The molecule has 0 radical (unpaired) electrons. The van der Waals surface area contributed by atoms with Gasteiger partial charge in [-0.15, -0.1) is 0 Å². The van der Waals surface area contributed by atoms with Crippen molar-refractivity contribution in [3.63, 3.8) is 0 Å². The van der Waals surface area contributed by atoms with Gasteiger partial charge < -0.3 is 10.6 Å². The van der Waals surface area contributed by atoms with E-state index in [4.69, 9.17) is 11.6 Å². The van der Waals surface area contributed by atoms with Gasteiger partial charge >= 0.3 is 0 Å². The van der Waals surface area contributed by atoms with Crippen molar-refractivity contribution in [2.24, 2.45) is 0 Å². The van der Waals surface area contributed by atoms with E-state index < -0.39 is 15.1 Å². The molecule has 1 amide bonds. The highest BCUT2D eigenvalue weighted by atomic mass is 35.5. The van der Waals surface area contributed by atoms with Crippen LogP contribution in [0.15, 0.2) is 18.2 Å². The largest absolute Gasteiger partial charge is 0.380 e. The number of anilines is 1. The van der Waals surface area contributed by atoms with Crippen LogP contribution in [0, 0.1) is 0 Å². The van der Waals surface area contributed by atoms with Crippen LogP contribution in [-0.2, 0) is 9.84 Å². The van der Waals surface area contributed by atoms with E-state index in [0.29, 0.717) is 22.7 Å². The highest BCUT2D eigenvalue weighted by Gasteiger charge is 2.35. The Kier molecular flexibility index (Phi) is 4.78. The maximum Gasteiger partial charge on any atom is 0.251 e. The fourth-order valence-corrected chi connectivity index (χ4v) is 4.29. The number of halogens is 1. The van der Waals surface area contributed by atoms with Gasteiger partial charge in [-0.05, 0) is 37.5 Å². The molecular formula is C14H19ClN2O3S. The first-order valence-electron chi connectivity index (χ1n) is 6.80. The van der Waals surface area contributed by atoms with Crippen LogP contribution in [0.4, 0.5) is 5.69 Å². The molecule has 21 heavy (non-hydrogen) atoms. The summed E-state index contributed by atoms with van der Waals surface area (Å²) in [6.07, 6.45) is 3.56. The van der Waals surface area contributed by atoms with Gasteiger partial charge in [-0.25, -0.2) is 8.42 Å². The third-order valence-corrected chi connectivity index (χ3v) is 5.79. The van der Waals surface area contributed by atoms with E-state index in [1.165, 1.54) is 6.26 Å². The summed E-state index contributed by atoms with van der Waals surface area (Å²) in [4.78, 5) is 11.7. The molecule has 0 heterocycles. The lowest BCUT2D eigenvalue weighted by atomic mass is 10.1. The van der Waals surface area contributed by atoms with Crippen LogP contribution in [0.3, 0.4) is 0 Å². The third-order valence-electron chi connectivity index (χ3n) is 3.80. The molecule has 0 aliphatic heterocycles. The Bertz CT molecular complexity index is 646. The molecule has 0 bridgehead atoms. The minimum absolute atomic E-state index is 0.169. The maximum atomic E-state index is 11.8. The summed E-state index contributed by atoms with van der Waals surface area (Å²) in [5.41, 5.74) is 1.08. The Morgan fingerprint density at radius 3 is 2.67 bits per heavy atom. The summed E-state index contributed by atoms with van der Waals surface area (Å²) in [6.45, 7) is 0. The van der Waals surface area contributed by atoms with Crippen molar-refractivity contribution in [1.82, 2.24) is 5.32 Å². The van der Waals surface area contributed by atoms with Crippen molar-refractivity contribution in [3.8, 4) is 0 Å². The average molecular weight is 331 g/mol. The quantitative estimate of drug-likeness (QED) is 0.886. The van der Waals surface area contributed by atoms with Gasteiger partial charge in [-0.2, -0.15) is 0 Å². The van der Waals surface area contributed by atoms with E-state index >= 15 is 0 Å². The molecule has 116 valence electrons. The van der Waals surface area contributed by atoms with E-state index in [1.807, 2.05) is 0 Å². The van der Waals surface area contributed by atoms with E-state index in [9.17, 15) is 13.2 Å². The Hall–Kier alpha value is -1.27. The van der Waals surface area contributed by atoms with Gasteiger partial charge in [0.2, 0.25) is 0 Å². The molecule has 1 aromatic rings. The van der Waals surface area contributed by atoms with Gasteiger partial charge in [0, 0.05) is 24.9 Å². The predicted octanol–water partition coefficient (Wildman–Crippen LogP) is 2.08. The maximum absolute atomic E-state index is 11.8. The summed E-state index contributed by atoms with van der Waals surface area (Å²) in [6, 6.07) is 4.75. The van der Waals surface area contributed by atoms with E-state index in [0.717, 1.165) is 12.8 Å². The molecule has 1 aliphatic rings. The van der Waals surface area contributed by atoms with Crippen LogP contribution in [0.2, 0.25) is 5.02 Å². The molecular weight excluding hydrogens is 312 g/mol. The Morgan fingerprint density at radius 2 is 2.05 bits per heavy atom. The fraction of sp³-hybridized carbons (Fsp3) is 0.500. The summed E-state index contributed by atoms with van der Waals surface area (Å²) < 4.78 is 23.6. The minimum Gasteiger partial charge on any atom is -0.380 e. The normalized spacial score (nSPS) is 22.0. The van der Waals surface area contributed by atoms with Crippen molar-refractivity contribution in [2.75, 3.05) is 18.6 Å². The van der Waals surface area contributed by atoms with Gasteiger partial charge in [0.15, 0.2) is 9.84 Å². The van der Waals surface area contributed by atoms with Crippen LogP contribution in [0.1, 0.15) is 29.6 Å². The van der Waals surface area contributed by atoms with Crippen LogP contribution in [0.25, 0.3) is 0 Å². The summed E-state index contributed by atoms with van der Waals surface area (Å²) in [7, 11) is -1.54. The van der Waals surface area contributed by atoms with Crippen molar-refractivity contribution in [1.29, 1.82) is 0 Å². The second-order valence-corrected chi connectivity index (χ2v) is 8.00. The van der Waals surface area contributed by atoms with Gasteiger partial charge in [-0.1, -0.05) is 11.6 Å². The number of carbonyl (C=O) groups is 1. The van der Waals surface area contributed by atoms with Crippen molar-refractivity contribution >= 4 is 33.0 Å². The first kappa shape index (κ1) is 16.1. The van der Waals surface area contributed by atoms with E-state index in [1.54, 1.807) is 25.2 Å². The number of hydrogen-bond donors (Lipinski definition) is 2. The molecule has 5 nitrogen and oxygen atoms in total. The Balaban J connectivity index is 2.25. The SMILES string of the molecule is CNC(=O)c1ccc(Cl)c(NC2CCCC2S(C)(=O)=O)c1. The van der Waals surface area contributed by atoms with Crippen LogP contribution in [-0.4, -0.2) is 38.9 Å². The second-order valence-electron chi connectivity index (χ2n) is 5.32. The monoisotopic (exact) mass is 330 g/mol. The average Bonchev–Trinajstić information content (AvgIpc) is 2.88. The number of rotatable bonds is 4. The molecule has 1 saturated carbocycles. The fourth-order valence-electron chi connectivity index (χ4n) is 2.72. The zero-order chi connectivity index (χ0) is 15.6. The number of amides is 1. The lowest BCUT2D eigenvalue weighted by Gasteiger charge is -2.21. The van der Waals surface area contributed by atoms with Crippen molar-refractivity contribution in [2.45, 2.75) is 30.6 Å². The number of benzene rings is 1. The number of carbonyl (C=O) groups excluding carboxylic acids is 1. The van der Waals surface area contributed by atoms with Gasteiger partial charge in [0.05, 0.1) is 16.0 Å². The second kappa shape index (κ2) is 6.23. The molecule has 7 heteroatoms. The molecule has 0 spiro atoms. The zero-order valence-corrected chi connectivity index (χ0v) is 13.6. The molecule has 0 saturated heterocycles. The first-order chi connectivity index (χ1) is 9.82. The van der Waals surface area contributed by atoms with Crippen LogP contribution in [0.5, 0.6) is 0 Å². The summed E-state index contributed by atoms with van der Waals surface area (Å²) in [5, 5.41) is 5.81. The van der Waals surface area contributed by atoms with Gasteiger partial charge in [0.25, 0.3) is 5.91 Å². The first-order valence-corrected chi connectivity index (χ1v) is 9.13. The number of nitrogens with one attached hydrogen (secondary N) is 2. The summed E-state index contributed by atoms with van der Waals surface area (Å²) >= 11 is 6.14. The molecule has 2 N–H and O–H groups in total. The molecule has 1 fully saturated rings. The molecule has 0 aromatic heterocycles. The Morgan fingerprint density at radius 1 is 1.33 bits per heavy atom. The number of hydrogen-bond acceptors (Lipinski definition) is 4. The zero-order valence-electron chi connectivity index (χ0n) is 12.0. The summed E-state index contributed by atoms with van der Waals surface area (Å²) in [5.74, 6) is -0.208. The standard InChI is InChI=1S/C14H19ClN2O3S/c1-16-14(18)9-6-7-10(15)12(8-9)17-11-4-3-5-13(11)21(2,19)20/h6-8,11,13,17H,3-5H2,1-2H3,(H,16,18). The third kappa shape index (κ3) is 3.68. The highest BCUT2D eigenvalue weighted by molar-refractivity contribution is 7.91. The Labute approximate surface area is 130 Å². The molecule has 2 unspecified atom stereocenters. The molecule has 1 aliphatic carbocycles. The lowest BCUT2D eigenvalue weighted by molar-refractivity contribution is 0.0963. The van der Waals surface area contributed by atoms with Crippen LogP contribution < -0.4 is 10.6 Å². The molecule has 2 atom stereocenters. The predicted molar refractivity (Wildman–Crippen MR) is 84.7 cm³/mol. The van der Waals surface area contributed by atoms with E-state index in [2.05, 4.69) is 10.6 Å².